The molecule has 0 amide bonds. The van der Waals surface area contributed by atoms with Gasteiger partial charge in [-0.3, -0.25) is 0 Å². The fraction of sp³-hybridized carbons (Fsp3) is 0.0952. The lowest BCUT2D eigenvalue weighted by atomic mass is 9.70. The van der Waals surface area contributed by atoms with Gasteiger partial charge in [0.25, 0.3) is 0 Å². The summed E-state index contributed by atoms with van der Waals surface area (Å²) in [6, 6.07) is 5.01. The van der Waals surface area contributed by atoms with Crippen LogP contribution in [-0.2, 0) is 0 Å². The molecule has 0 saturated heterocycles. The first-order valence-corrected chi connectivity index (χ1v) is 8.42. The number of benzene rings is 1. The third-order valence-corrected chi connectivity index (χ3v) is 3.62. The largest absolute Gasteiger partial charge is 0.536 e. The molecule has 4 nitrogen and oxygen atoms in total. The molecule has 1 aliphatic heterocycles. The lowest BCUT2D eigenvalue weighted by Crippen LogP contribution is -2.40. The smallest absolute Gasteiger partial charge is 0.525 e. The van der Waals surface area contributed by atoms with Crippen molar-refractivity contribution in [1.29, 1.82) is 0 Å². The Morgan fingerprint density at radius 3 is 2.65 bits per heavy atom. The van der Waals surface area contributed by atoms with Crippen LogP contribution in [0, 0.1) is 0 Å². The second-order valence-electron chi connectivity index (χ2n) is 5.47. The number of phenols is 1. The fourth-order valence-electron chi connectivity index (χ4n) is 2.56. The van der Waals surface area contributed by atoms with E-state index in [0.29, 0.717) is 11.6 Å². The molecule has 1 aliphatic rings. The summed E-state index contributed by atoms with van der Waals surface area (Å²) in [5.41, 5.74) is 1.61. The highest BCUT2D eigenvalue weighted by Gasteiger charge is 2.41. The predicted octanol–water partition coefficient (Wildman–Crippen LogP) is 4.98. The van der Waals surface area contributed by atoms with E-state index < -0.39 is 7.05 Å². The lowest BCUT2D eigenvalue weighted by molar-refractivity contribution is 0.474. The molecule has 0 spiro atoms. The van der Waals surface area contributed by atoms with E-state index in [-0.39, 0.29) is 5.75 Å². The zero-order valence-corrected chi connectivity index (χ0v) is 15.0. The number of nitrogens with zero attached hydrogens (tertiary/aromatic N) is 2. The van der Waals surface area contributed by atoms with Crippen LogP contribution in [0.2, 0.25) is 0 Å². The highest BCUT2D eigenvalue weighted by atomic mass is 16.5. The number of allylic oxidation sites excluding steroid dienone is 8. The maximum absolute atomic E-state index is 9.95. The second kappa shape index (κ2) is 9.32. The molecule has 1 aromatic carbocycles. The monoisotopic (exact) mass is 346 g/mol. The molecule has 1 heterocycles. The van der Waals surface area contributed by atoms with Gasteiger partial charge in [0.2, 0.25) is 0 Å². The van der Waals surface area contributed by atoms with E-state index in [4.69, 9.17) is 4.65 Å². The van der Waals surface area contributed by atoms with Crippen LogP contribution in [0.25, 0.3) is 0 Å². The highest BCUT2D eigenvalue weighted by molar-refractivity contribution is 6.68. The quantitative estimate of drug-likeness (QED) is 0.410. The molecular formula is C21H23BN2O2. The third kappa shape index (κ3) is 4.25. The Labute approximate surface area is 155 Å². The van der Waals surface area contributed by atoms with Gasteiger partial charge in [0.05, 0.1) is 5.69 Å². The number of phenolic OH excluding ortho intramolecular Hbond substituents is 1. The first-order valence-electron chi connectivity index (χ1n) is 8.42. The number of fused-ring (bicyclic) bond motifs is 1. The fourth-order valence-corrected chi connectivity index (χ4v) is 2.56. The summed E-state index contributed by atoms with van der Waals surface area (Å²) in [5, 5.41) is 9.95. The van der Waals surface area contributed by atoms with E-state index in [9.17, 15) is 5.11 Å². The van der Waals surface area contributed by atoms with Crippen LogP contribution in [0.3, 0.4) is 0 Å². The molecule has 1 N–H and O–H groups in total. The van der Waals surface area contributed by atoms with Crippen LogP contribution in [0.4, 0.5) is 5.69 Å². The summed E-state index contributed by atoms with van der Waals surface area (Å²) in [4.78, 5) is 6.47. The van der Waals surface area contributed by atoms with Crippen LogP contribution in [0.1, 0.15) is 13.3 Å². The van der Waals surface area contributed by atoms with Gasteiger partial charge in [0.1, 0.15) is 17.3 Å². The Kier molecular flexibility index (Phi) is 6.86. The zero-order chi connectivity index (χ0) is 18.9. The minimum atomic E-state index is -0.457. The summed E-state index contributed by atoms with van der Waals surface area (Å²) in [5.74, 6) is 1.49. The number of hydrogen-bond acceptors (Lipinski definition) is 4. The second-order valence-corrected chi connectivity index (χ2v) is 5.47. The standard InChI is InChI=1S/C21H23BN2O2/c1-5-9-12-17(10-6-2)22-24(21(11-7-3)23-15-8-4)19-16-18(25)13-14-20(19)26-22/h5-7,9-16,25H,1-3,8H2,4H3/b12-9-,17-10+,21-11+,23-15?. The van der Waals surface area contributed by atoms with Gasteiger partial charge in [-0.1, -0.05) is 63.1 Å². The maximum Gasteiger partial charge on any atom is 0.525 e. The molecule has 0 aliphatic carbocycles. The number of aromatic hydroxyl groups is 1. The predicted molar refractivity (Wildman–Crippen MR) is 112 cm³/mol. The van der Waals surface area contributed by atoms with Crippen LogP contribution in [0.15, 0.2) is 96.8 Å². The molecule has 0 fully saturated rings. The van der Waals surface area contributed by atoms with Gasteiger partial charge in [-0.25, -0.2) is 4.99 Å². The van der Waals surface area contributed by atoms with E-state index in [1.54, 1.807) is 36.4 Å². The first kappa shape index (κ1) is 19.1. The van der Waals surface area contributed by atoms with Crippen LogP contribution in [0.5, 0.6) is 11.5 Å². The number of rotatable bonds is 8. The summed E-state index contributed by atoms with van der Waals surface area (Å²) < 4.78 is 6.16. The first-order chi connectivity index (χ1) is 12.7. The van der Waals surface area contributed by atoms with Gasteiger partial charge in [0.15, 0.2) is 0 Å². The maximum atomic E-state index is 9.95. The molecular weight excluding hydrogens is 323 g/mol. The normalized spacial score (nSPS) is 14.7. The van der Waals surface area contributed by atoms with Crippen LogP contribution >= 0.6 is 0 Å². The Bertz CT molecular complexity index is 806. The summed E-state index contributed by atoms with van der Waals surface area (Å²) in [6.07, 6.45) is 15.1. The van der Waals surface area contributed by atoms with Gasteiger partial charge in [-0.2, -0.15) is 0 Å². The van der Waals surface area contributed by atoms with Crippen molar-refractivity contribution in [1.82, 2.24) is 0 Å². The van der Waals surface area contributed by atoms with Gasteiger partial charge in [-0.05, 0) is 30.1 Å². The molecule has 0 aromatic heterocycles. The van der Waals surface area contributed by atoms with Gasteiger partial charge >= 0.3 is 7.05 Å². The molecule has 0 unspecified atom stereocenters. The highest BCUT2D eigenvalue weighted by Crippen LogP contribution is 2.42. The van der Waals surface area contributed by atoms with Crippen molar-refractivity contribution in [2.24, 2.45) is 4.99 Å². The van der Waals surface area contributed by atoms with Crippen molar-refractivity contribution >= 4 is 19.0 Å². The third-order valence-electron chi connectivity index (χ3n) is 3.62. The average Bonchev–Trinajstić information content (AvgIpc) is 3.00. The Balaban J connectivity index is 2.61. The topological polar surface area (TPSA) is 45.1 Å². The zero-order valence-electron chi connectivity index (χ0n) is 15.0. The van der Waals surface area contributed by atoms with Crippen molar-refractivity contribution in [2.75, 3.05) is 4.81 Å². The van der Waals surface area contributed by atoms with Gasteiger partial charge in [-0.15, -0.1) is 0 Å². The Morgan fingerprint density at radius 2 is 2.00 bits per heavy atom. The van der Waals surface area contributed by atoms with Crippen molar-refractivity contribution in [3.63, 3.8) is 0 Å². The molecule has 26 heavy (non-hydrogen) atoms. The summed E-state index contributed by atoms with van der Waals surface area (Å²) in [7, 11) is -0.457. The van der Waals surface area contributed by atoms with Crippen molar-refractivity contribution < 1.29 is 9.76 Å². The molecule has 0 radical (unpaired) electrons. The number of aliphatic imine (C=N–C) groups is 1. The average molecular weight is 346 g/mol. The van der Waals surface area contributed by atoms with E-state index in [0.717, 1.165) is 17.6 Å². The minimum Gasteiger partial charge on any atom is -0.536 e. The van der Waals surface area contributed by atoms with Crippen molar-refractivity contribution in [3.05, 3.63) is 91.8 Å². The molecule has 0 bridgehead atoms. The molecule has 132 valence electrons. The van der Waals surface area contributed by atoms with E-state index >= 15 is 0 Å². The van der Waals surface area contributed by atoms with Crippen LogP contribution < -0.4 is 9.47 Å². The summed E-state index contributed by atoms with van der Waals surface area (Å²) in [6.45, 7) is 13.3. The SMILES string of the molecule is C=C/C=C\C(=C/C=C)B1Oc2ccc(O)cc2N1/C(=C/C=C)N=CCC. The van der Waals surface area contributed by atoms with Crippen LogP contribution in [-0.4, -0.2) is 18.4 Å². The Morgan fingerprint density at radius 1 is 1.23 bits per heavy atom. The molecule has 2 rings (SSSR count). The molecule has 0 atom stereocenters. The van der Waals surface area contributed by atoms with Gasteiger partial charge < -0.3 is 14.6 Å². The minimum absolute atomic E-state index is 0.159. The van der Waals surface area contributed by atoms with Gasteiger partial charge in [0, 0.05) is 12.3 Å². The molecule has 0 saturated carbocycles. The van der Waals surface area contributed by atoms with E-state index in [2.05, 4.69) is 24.7 Å². The Hall–Kier alpha value is -3.21. The summed E-state index contributed by atoms with van der Waals surface area (Å²) >= 11 is 0. The van der Waals surface area contributed by atoms with E-state index in [1.165, 1.54) is 0 Å². The van der Waals surface area contributed by atoms with E-state index in [1.807, 2.05) is 42.3 Å². The van der Waals surface area contributed by atoms with Crippen molar-refractivity contribution in [2.45, 2.75) is 13.3 Å². The van der Waals surface area contributed by atoms with Crippen molar-refractivity contribution in [3.8, 4) is 11.5 Å². The number of hydrogen-bond donors (Lipinski definition) is 1. The molecule has 5 heteroatoms. The number of anilines is 1. The lowest BCUT2D eigenvalue weighted by Gasteiger charge is -2.23. The molecule has 1 aromatic rings.